The fourth-order valence-corrected chi connectivity index (χ4v) is 2.14. The van der Waals surface area contributed by atoms with Crippen molar-refractivity contribution in [2.75, 3.05) is 6.54 Å². The predicted octanol–water partition coefficient (Wildman–Crippen LogP) is 1.71. The number of amides is 2. The fourth-order valence-electron chi connectivity index (χ4n) is 2.14. The molecule has 1 heterocycles. The molecule has 2 amide bonds. The lowest BCUT2D eigenvalue weighted by atomic mass is 9.97. The van der Waals surface area contributed by atoms with Gasteiger partial charge in [-0.2, -0.15) is 0 Å². The highest BCUT2D eigenvalue weighted by Gasteiger charge is 2.40. The summed E-state index contributed by atoms with van der Waals surface area (Å²) in [7, 11) is 0. The number of allylic oxidation sites excluding steroid dienone is 1. The van der Waals surface area contributed by atoms with E-state index in [1.165, 1.54) is 0 Å². The molecule has 0 aromatic heterocycles. The average Bonchev–Trinajstić information content (AvgIpc) is 2.28. The first-order valence-electron chi connectivity index (χ1n) is 6.62. The second-order valence-corrected chi connectivity index (χ2v) is 5.43. The summed E-state index contributed by atoms with van der Waals surface area (Å²) < 4.78 is 0. The molecular weight excluding hydrogens is 228 g/mol. The number of nitrogens with zero attached hydrogens (tertiary/aromatic N) is 1. The molecule has 4 nitrogen and oxygen atoms in total. The second-order valence-electron chi connectivity index (χ2n) is 5.43. The normalized spacial score (nSPS) is 24.2. The lowest BCUT2D eigenvalue weighted by molar-refractivity contribution is -0.150. The van der Waals surface area contributed by atoms with Crippen molar-refractivity contribution in [3.05, 3.63) is 11.6 Å². The Balaban J connectivity index is 2.94. The number of piperazine rings is 1. The van der Waals surface area contributed by atoms with Crippen molar-refractivity contribution in [1.82, 2.24) is 10.2 Å². The molecule has 2 atom stereocenters. The Morgan fingerprint density at radius 1 is 1.39 bits per heavy atom. The van der Waals surface area contributed by atoms with Gasteiger partial charge in [-0.15, -0.1) is 0 Å². The summed E-state index contributed by atoms with van der Waals surface area (Å²) in [6, 6.07) is -0.714. The Hall–Kier alpha value is -1.32. The van der Waals surface area contributed by atoms with Gasteiger partial charge in [0, 0.05) is 6.54 Å². The smallest absolute Gasteiger partial charge is 0.246 e. The summed E-state index contributed by atoms with van der Waals surface area (Å²) in [6.07, 6.45) is 2.65. The Morgan fingerprint density at radius 3 is 2.44 bits per heavy atom. The molecule has 0 spiro atoms. The van der Waals surface area contributed by atoms with E-state index >= 15 is 0 Å². The van der Waals surface area contributed by atoms with Gasteiger partial charge in [-0.05, 0) is 26.2 Å². The molecule has 0 aromatic rings. The molecule has 0 bridgehead atoms. The molecule has 1 rings (SSSR count). The molecule has 1 aliphatic heterocycles. The van der Waals surface area contributed by atoms with Gasteiger partial charge in [-0.25, -0.2) is 0 Å². The van der Waals surface area contributed by atoms with Crippen LogP contribution in [-0.4, -0.2) is 35.3 Å². The largest absolute Gasteiger partial charge is 0.342 e. The molecule has 2 unspecified atom stereocenters. The van der Waals surface area contributed by atoms with E-state index in [-0.39, 0.29) is 29.8 Å². The third-order valence-electron chi connectivity index (χ3n) is 3.28. The molecule has 1 fully saturated rings. The number of hydrogen-bond donors (Lipinski definition) is 1. The van der Waals surface area contributed by atoms with Crippen LogP contribution in [0.25, 0.3) is 0 Å². The number of nitrogens with one attached hydrogen (secondary N) is 1. The quantitative estimate of drug-likeness (QED) is 0.774. The molecule has 1 aliphatic rings. The lowest BCUT2D eigenvalue weighted by Gasteiger charge is -2.39. The maximum atomic E-state index is 12.4. The first-order valence-corrected chi connectivity index (χ1v) is 6.62. The number of hydrogen-bond acceptors (Lipinski definition) is 2. The number of carbonyl (C=O) groups excluding carboxylic acids is 2. The van der Waals surface area contributed by atoms with E-state index in [0.29, 0.717) is 13.0 Å². The third kappa shape index (κ3) is 3.12. The monoisotopic (exact) mass is 252 g/mol. The highest BCUT2D eigenvalue weighted by molar-refractivity contribution is 5.97. The Kier molecular flexibility index (Phi) is 4.93. The standard InChI is InChI=1S/C14H24N2O2/c1-6-11-13(17)15-12(10(4)5)14(18)16(11)8-7-9(2)3/h7,10-12H,6,8H2,1-5H3,(H,15,17). The van der Waals surface area contributed by atoms with E-state index in [1.54, 1.807) is 4.90 Å². The first kappa shape index (κ1) is 14.7. The van der Waals surface area contributed by atoms with Crippen LogP contribution in [-0.2, 0) is 9.59 Å². The Labute approximate surface area is 109 Å². The second kappa shape index (κ2) is 6.03. The molecule has 0 aromatic carbocycles. The highest BCUT2D eigenvalue weighted by atomic mass is 16.2. The van der Waals surface area contributed by atoms with Gasteiger partial charge in [0.1, 0.15) is 12.1 Å². The maximum absolute atomic E-state index is 12.4. The lowest BCUT2D eigenvalue weighted by Crippen LogP contribution is -2.64. The summed E-state index contributed by atoms with van der Waals surface area (Å²) in [5.74, 6) is 0.125. The third-order valence-corrected chi connectivity index (χ3v) is 3.28. The zero-order valence-corrected chi connectivity index (χ0v) is 12.0. The van der Waals surface area contributed by atoms with Crippen molar-refractivity contribution >= 4 is 11.8 Å². The van der Waals surface area contributed by atoms with Crippen LogP contribution in [0.3, 0.4) is 0 Å². The zero-order chi connectivity index (χ0) is 13.9. The Morgan fingerprint density at radius 2 is 2.00 bits per heavy atom. The minimum absolute atomic E-state index is 0.0297. The van der Waals surface area contributed by atoms with E-state index in [9.17, 15) is 9.59 Å². The summed E-state index contributed by atoms with van der Waals surface area (Å²) in [4.78, 5) is 26.1. The summed E-state index contributed by atoms with van der Waals surface area (Å²) in [5, 5.41) is 2.83. The van der Waals surface area contributed by atoms with Gasteiger partial charge in [-0.1, -0.05) is 32.4 Å². The Bertz CT molecular complexity index is 357. The van der Waals surface area contributed by atoms with Gasteiger partial charge >= 0.3 is 0 Å². The van der Waals surface area contributed by atoms with Gasteiger partial charge in [0.15, 0.2) is 0 Å². The minimum Gasteiger partial charge on any atom is -0.342 e. The van der Waals surface area contributed by atoms with Gasteiger partial charge in [-0.3, -0.25) is 9.59 Å². The molecule has 0 saturated carbocycles. The maximum Gasteiger partial charge on any atom is 0.246 e. The molecular formula is C14H24N2O2. The fraction of sp³-hybridized carbons (Fsp3) is 0.714. The van der Waals surface area contributed by atoms with Crippen LogP contribution < -0.4 is 5.32 Å². The van der Waals surface area contributed by atoms with Crippen molar-refractivity contribution in [2.45, 2.75) is 53.1 Å². The number of carbonyl (C=O) groups is 2. The molecule has 1 N–H and O–H groups in total. The molecule has 1 saturated heterocycles. The summed E-state index contributed by atoms with van der Waals surface area (Å²) in [5.41, 5.74) is 1.16. The molecule has 0 radical (unpaired) electrons. The van der Waals surface area contributed by atoms with E-state index in [1.807, 2.05) is 40.7 Å². The van der Waals surface area contributed by atoms with E-state index < -0.39 is 0 Å². The average molecular weight is 252 g/mol. The van der Waals surface area contributed by atoms with Gasteiger partial charge in [0.05, 0.1) is 0 Å². The predicted molar refractivity (Wildman–Crippen MR) is 72.0 cm³/mol. The SMILES string of the molecule is CCC1C(=O)NC(C(C)C)C(=O)N1CC=C(C)C. The molecule has 4 heteroatoms. The van der Waals surface area contributed by atoms with E-state index in [2.05, 4.69) is 5.32 Å². The van der Waals surface area contributed by atoms with Crippen LogP contribution in [0.4, 0.5) is 0 Å². The molecule has 18 heavy (non-hydrogen) atoms. The zero-order valence-electron chi connectivity index (χ0n) is 12.0. The van der Waals surface area contributed by atoms with Crippen molar-refractivity contribution in [3.8, 4) is 0 Å². The molecule has 102 valence electrons. The van der Waals surface area contributed by atoms with Crippen molar-refractivity contribution in [1.29, 1.82) is 0 Å². The minimum atomic E-state index is -0.383. The summed E-state index contributed by atoms with van der Waals surface area (Å²) in [6.45, 7) is 10.4. The highest BCUT2D eigenvalue weighted by Crippen LogP contribution is 2.17. The topological polar surface area (TPSA) is 49.4 Å². The van der Waals surface area contributed by atoms with Crippen LogP contribution in [0.5, 0.6) is 0 Å². The van der Waals surface area contributed by atoms with Crippen LogP contribution in [0, 0.1) is 5.92 Å². The van der Waals surface area contributed by atoms with Gasteiger partial charge < -0.3 is 10.2 Å². The first-order chi connectivity index (χ1) is 8.38. The van der Waals surface area contributed by atoms with Crippen LogP contribution in [0.15, 0.2) is 11.6 Å². The number of rotatable bonds is 4. The molecule has 0 aliphatic carbocycles. The van der Waals surface area contributed by atoms with Crippen LogP contribution in [0.2, 0.25) is 0 Å². The summed E-state index contributed by atoms with van der Waals surface area (Å²) >= 11 is 0. The van der Waals surface area contributed by atoms with Crippen LogP contribution >= 0.6 is 0 Å². The van der Waals surface area contributed by atoms with Crippen molar-refractivity contribution < 1.29 is 9.59 Å². The van der Waals surface area contributed by atoms with Crippen LogP contribution in [0.1, 0.15) is 41.0 Å². The van der Waals surface area contributed by atoms with Gasteiger partial charge in [0.25, 0.3) is 0 Å². The van der Waals surface area contributed by atoms with Gasteiger partial charge in [0.2, 0.25) is 11.8 Å². The van der Waals surface area contributed by atoms with Crippen molar-refractivity contribution in [3.63, 3.8) is 0 Å². The van der Waals surface area contributed by atoms with E-state index in [4.69, 9.17) is 0 Å². The van der Waals surface area contributed by atoms with Crippen molar-refractivity contribution in [2.24, 2.45) is 5.92 Å². The van der Waals surface area contributed by atoms with E-state index in [0.717, 1.165) is 5.57 Å².